The maximum absolute atomic E-state index is 11.9. The van der Waals surface area contributed by atoms with Crippen molar-refractivity contribution >= 4 is 34.7 Å². The van der Waals surface area contributed by atoms with Gasteiger partial charge >= 0.3 is 0 Å². The van der Waals surface area contributed by atoms with E-state index in [2.05, 4.69) is 12.2 Å². The Hall–Kier alpha value is -1.33. The van der Waals surface area contributed by atoms with Gasteiger partial charge in [-0.3, -0.25) is 4.79 Å². The molecular weight excluding hydrogens is 296 g/mol. The average molecular weight is 315 g/mol. The number of unbranched alkanes of at least 4 members (excludes halogenated alkanes) is 1. The number of benzene rings is 1. The number of ether oxygens (including phenoxy) is 1. The molecule has 110 valence electrons. The van der Waals surface area contributed by atoms with E-state index in [1.165, 1.54) is 0 Å². The van der Waals surface area contributed by atoms with Crippen LogP contribution in [0.4, 0.5) is 0 Å². The minimum atomic E-state index is -0.640. The van der Waals surface area contributed by atoms with Gasteiger partial charge < -0.3 is 15.8 Å². The van der Waals surface area contributed by atoms with Gasteiger partial charge in [0.15, 0.2) is 6.10 Å². The van der Waals surface area contributed by atoms with Gasteiger partial charge in [-0.05, 0) is 31.5 Å². The second kappa shape index (κ2) is 8.07. The highest BCUT2D eigenvalue weighted by atomic mass is 35.5. The standard InChI is InChI=1S/C14H19ClN2O2S/c1-3-4-7-17-14(18)9(2)19-12-8-10(15)5-6-11(12)13(16)20/h5-6,8-9H,3-4,7H2,1-2H3,(H2,16,20)(H,17,18). The fourth-order valence-corrected chi connectivity index (χ4v) is 1.90. The molecule has 0 radical (unpaired) electrons. The van der Waals surface area contributed by atoms with Crippen LogP contribution >= 0.6 is 23.8 Å². The maximum Gasteiger partial charge on any atom is 0.260 e. The van der Waals surface area contributed by atoms with E-state index in [1.54, 1.807) is 25.1 Å². The maximum atomic E-state index is 11.9. The summed E-state index contributed by atoms with van der Waals surface area (Å²) in [6.07, 6.45) is 1.32. The van der Waals surface area contributed by atoms with Gasteiger partial charge in [-0.15, -0.1) is 0 Å². The lowest BCUT2D eigenvalue weighted by Gasteiger charge is -2.17. The smallest absolute Gasteiger partial charge is 0.260 e. The van der Waals surface area contributed by atoms with Gasteiger partial charge in [-0.2, -0.15) is 0 Å². The Morgan fingerprint density at radius 3 is 2.85 bits per heavy atom. The molecule has 1 amide bonds. The summed E-state index contributed by atoms with van der Waals surface area (Å²) in [5.41, 5.74) is 6.19. The third kappa shape index (κ3) is 4.98. The summed E-state index contributed by atoms with van der Waals surface area (Å²) in [6.45, 7) is 4.37. The Bertz CT molecular complexity index is 494. The van der Waals surface area contributed by atoms with Crippen LogP contribution in [0.5, 0.6) is 5.75 Å². The highest BCUT2D eigenvalue weighted by Crippen LogP contribution is 2.24. The number of hydrogen-bond acceptors (Lipinski definition) is 3. The minimum Gasteiger partial charge on any atom is -0.480 e. The van der Waals surface area contributed by atoms with Crippen LogP contribution in [-0.2, 0) is 4.79 Å². The third-order valence-electron chi connectivity index (χ3n) is 2.71. The van der Waals surface area contributed by atoms with Crippen LogP contribution < -0.4 is 15.8 Å². The monoisotopic (exact) mass is 314 g/mol. The van der Waals surface area contributed by atoms with E-state index in [1.807, 2.05) is 0 Å². The van der Waals surface area contributed by atoms with Crippen LogP contribution in [-0.4, -0.2) is 23.5 Å². The van der Waals surface area contributed by atoms with Gasteiger partial charge in [0.05, 0.1) is 5.56 Å². The Labute approximate surface area is 129 Å². The van der Waals surface area contributed by atoms with E-state index in [9.17, 15) is 4.79 Å². The number of hydrogen-bond donors (Lipinski definition) is 2. The number of halogens is 1. The molecule has 0 aliphatic rings. The molecule has 0 spiro atoms. The first-order chi connectivity index (χ1) is 9.45. The van der Waals surface area contributed by atoms with Crippen molar-refractivity contribution < 1.29 is 9.53 Å². The van der Waals surface area contributed by atoms with Crippen molar-refractivity contribution in [2.45, 2.75) is 32.8 Å². The predicted molar refractivity (Wildman–Crippen MR) is 85.3 cm³/mol. The van der Waals surface area contributed by atoms with Crippen LogP contribution in [0.3, 0.4) is 0 Å². The van der Waals surface area contributed by atoms with E-state index >= 15 is 0 Å². The molecule has 1 aromatic rings. The quantitative estimate of drug-likeness (QED) is 0.600. The Kier molecular flexibility index (Phi) is 6.75. The Balaban J connectivity index is 2.74. The van der Waals surface area contributed by atoms with Crippen molar-refractivity contribution in [1.82, 2.24) is 5.32 Å². The van der Waals surface area contributed by atoms with E-state index in [4.69, 9.17) is 34.3 Å². The van der Waals surface area contributed by atoms with Gasteiger partial charge in [0.1, 0.15) is 10.7 Å². The van der Waals surface area contributed by atoms with Crippen molar-refractivity contribution in [2.75, 3.05) is 6.54 Å². The molecule has 6 heteroatoms. The van der Waals surface area contributed by atoms with Crippen LogP contribution in [0.1, 0.15) is 32.3 Å². The molecule has 0 saturated carbocycles. The molecule has 0 fully saturated rings. The highest BCUT2D eigenvalue weighted by molar-refractivity contribution is 7.80. The summed E-state index contributed by atoms with van der Waals surface area (Å²) in [6, 6.07) is 4.96. The summed E-state index contributed by atoms with van der Waals surface area (Å²) in [4.78, 5) is 12.1. The molecule has 0 saturated heterocycles. The van der Waals surface area contributed by atoms with Crippen molar-refractivity contribution in [3.63, 3.8) is 0 Å². The van der Waals surface area contributed by atoms with Gasteiger partial charge in [0.25, 0.3) is 5.91 Å². The lowest BCUT2D eigenvalue weighted by molar-refractivity contribution is -0.127. The van der Waals surface area contributed by atoms with E-state index < -0.39 is 6.10 Å². The molecule has 0 heterocycles. The summed E-state index contributed by atoms with van der Waals surface area (Å²) in [5.74, 6) is 0.246. The zero-order valence-electron chi connectivity index (χ0n) is 11.6. The lowest BCUT2D eigenvalue weighted by atomic mass is 10.2. The van der Waals surface area contributed by atoms with Crippen LogP contribution in [0.15, 0.2) is 18.2 Å². The Morgan fingerprint density at radius 1 is 1.55 bits per heavy atom. The lowest BCUT2D eigenvalue weighted by Crippen LogP contribution is -2.37. The number of amides is 1. The molecule has 1 atom stereocenters. The first-order valence-electron chi connectivity index (χ1n) is 6.49. The summed E-state index contributed by atoms with van der Waals surface area (Å²) in [5, 5.41) is 3.30. The fraction of sp³-hybridized carbons (Fsp3) is 0.429. The molecule has 1 unspecified atom stereocenters. The number of nitrogens with two attached hydrogens (primary N) is 1. The van der Waals surface area contributed by atoms with E-state index in [0.29, 0.717) is 22.9 Å². The molecular formula is C14H19ClN2O2S. The molecule has 20 heavy (non-hydrogen) atoms. The van der Waals surface area contributed by atoms with Gasteiger partial charge in [0.2, 0.25) is 0 Å². The first-order valence-corrected chi connectivity index (χ1v) is 7.28. The number of carbonyl (C=O) groups is 1. The van der Waals surface area contributed by atoms with Crippen molar-refractivity contribution in [1.29, 1.82) is 0 Å². The van der Waals surface area contributed by atoms with Crippen LogP contribution in [0.25, 0.3) is 0 Å². The van der Waals surface area contributed by atoms with Crippen molar-refractivity contribution in [3.8, 4) is 5.75 Å². The SMILES string of the molecule is CCCCNC(=O)C(C)Oc1cc(Cl)ccc1C(N)=S. The largest absolute Gasteiger partial charge is 0.480 e. The number of rotatable bonds is 7. The zero-order chi connectivity index (χ0) is 15.1. The molecule has 0 aliphatic carbocycles. The van der Waals surface area contributed by atoms with E-state index in [-0.39, 0.29) is 10.9 Å². The normalized spacial score (nSPS) is 11.8. The second-order valence-electron chi connectivity index (χ2n) is 4.41. The molecule has 3 N–H and O–H groups in total. The molecule has 0 bridgehead atoms. The van der Waals surface area contributed by atoms with E-state index in [0.717, 1.165) is 12.8 Å². The summed E-state index contributed by atoms with van der Waals surface area (Å²) < 4.78 is 5.62. The van der Waals surface area contributed by atoms with Crippen molar-refractivity contribution in [2.24, 2.45) is 5.73 Å². The molecule has 0 aliphatic heterocycles. The number of carbonyl (C=O) groups excluding carboxylic acids is 1. The van der Waals surface area contributed by atoms with Crippen LogP contribution in [0.2, 0.25) is 5.02 Å². The van der Waals surface area contributed by atoms with Gasteiger partial charge in [0, 0.05) is 11.6 Å². The minimum absolute atomic E-state index is 0.174. The number of nitrogens with one attached hydrogen (secondary N) is 1. The Morgan fingerprint density at radius 2 is 2.25 bits per heavy atom. The van der Waals surface area contributed by atoms with Crippen LogP contribution in [0, 0.1) is 0 Å². The van der Waals surface area contributed by atoms with Crippen molar-refractivity contribution in [3.05, 3.63) is 28.8 Å². The molecule has 4 nitrogen and oxygen atoms in total. The predicted octanol–water partition coefficient (Wildman–Crippen LogP) is 2.66. The summed E-state index contributed by atoms with van der Waals surface area (Å²) in [7, 11) is 0. The number of thiocarbonyl (C=S) groups is 1. The second-order valence-corrected chi connectivity index (χ2v) is 5.29. The topological polar surface area (TPSA) is 64.3 Å². The average Bonchev–Trinajstić information content (AvgIpc) is 2.38. The summed E-state index contributed by atoms with van der Waals surface area (Å²) >= 11 is 10.9. The van der Waals surface area contributed by atoms with Gasteiger partial charge in [-0.25, -0.2) is 0 Å². The zero-order valence-corrected chi connectivity index (χ0v) is 13.2. The fourth-order valence-electron chi connectivity index (χ4n) is 1.57. The highest BCUT2D eigenvalue weighted by Gasteiger charge is 2.17. The third-order valence-corrected chi connectivity index (χ3v) is 3.17. The van der Waals surface area contributed by atoms with Gasteiger partial charge in [-0.1, -0.05) is 37.2 Å². The molecule has 1 rings (SSSR count). The molecule has 0 aromatic heterocycles. The molecule has 1 aromatic carbocycles. The first kappa shape index (κ1) is 16.7.